The van der Waals surface area contributed by atoms with Gasteiger partial charge in [0.25, 0.3) is 12.0 Å². The second-order valence-electron chi connectivity index (χ2n) is 7.06. The topological polar surface area (TPSA) is 128 Å². The van der Waals surface area contributed by atoms with E-state index in [0.29, 0.717) is 10.5 Å². The first-order valence-electron chi connectivity index (χ1n) is 8.32. The lowest BCUT2D eigenvalue weighted by Gasteiger charge is -2.39. The van der Waals surface area contributed by atoms with Gasteiger partial charge < -0.3 is 14.8 Å². The molecule has 0 saturated carbocycles. The Bertz CT molecular complexity index is 776. The van der Waals surface area contributed by atoms with E-state index in [4.69, 9.17) is 9.47 Å². The van der Waals surface area contributed by atoms with E-state index in [2.05, 4.69) is 5.32 Å². The number of rotatable bonds is 6. The number of carbonyl (C=O) groups is 3. The number of β-lactam (4-membered cyclic amide) rings is 1. The quantitative estimate of drug-likeness (QED) is 0.254. The van der Waals surface area contributed by atoms with Crippen molar-refractivity contribution in [2.45, 2.75) is 45.3 Å². The Morgan fingerprint density at radius 1 is 1.36 bits per heavy atom. The molecule has 152 valence electrons. The number of alkyl halides is 1. The van der Waals surface area contributed by atoms with E-state index in [-0.39, 0.29) is 18.8 Å². The molecular weight excluding hydrogens is 377 g/mol. The second kappa shape index (κ2) is 8.19. The number of esters is 1. The molecule has 2 atom stereocenters. The van der Waals surface area contributed by atoms with Gasteiger partial charge in [-0.1, -0.05) is 0 Å². The third-order valence-electron chi connectivity index (χ3n) is 3.65. The molecule has 0 aromatic heterocycles. The van der Waals surface area contributed by atoms with E-state index >= 15 is 0 Å². The number of non-ortho nitro benzene ring substituents is 1. The number of carbonyl (C=O) groups excluding carboxylic acids is 3. The molecule has 1 fully saturated rings. The molecule has 1 aliphatic heterocycles. The molecule has 0 aliphatic carbocycles. The summed E-state index contributed by atoms with van der Waals surface area (Å²) in [4.78, 5) is 45.9. The highest BCUT2D eigenvalue weighted by atomic mass is 19.1. The van der Waals surface area contributed by atoms with Crippen LogP contribution in [0.5, 0.6) is 0 Å². The van der Waals surface area contributed by atoms with Crippen LogP contribution in [0.3, 0.4) is 0 Å². The van der Waals surface area contributed by atoms with Gasteiger partial charge in [0.15, 0.2) is 0 Å². The molecule has 1 heterocycles. The van der Waals surface area contributed by atoms with Crippen LogP contribution in [-0.4, -0.2) is 52.3 Å². The summed E-state index contributed by atoms with van der Waals surface area (Å²) in [5.41, 5.74) is -0.459. The zero-order chi connectivity index (χ0) is 21.1. The maximum absolute atomic E-state index is 14.1. The van der Waals surface area contributed by atoms with Gasteiger partial charge in [-0.2, -0.15) is 0 Å². The van der Waals surface area contributed by atoms with Gasteiger partial charge in [0.2, 0.25) is 5.91 Å². The lowest BCUT2D eigenvalue weighted by Crippen LogP contribution is -2.67. The summed E-state index contributed by atoms with van der Waals surface area (Å²) in [6.45, 7) is 4.45. The molecule has 2 rings (SSSR count). The van der Waals surface area contributed by atoms with Crippen molar-refractivity contribution < 1.29 is 33.2 Å². The highest BCUT2D eigenvalue weighted by molar-refractivity contribution is 5.94. The Labute approximate surface area is 159 Å². The fraction of sp³-hybridized carbons (Fsp3) is 0.471. The molecule has 1 aliphatic rings. The first kappa shape index (κ1) is 21.1. The lowest BCUT2D eigenvalue weighted by atomic mass is 10.1. The van der Waals surface area contributed by atoms with Gasteiger partial charge in [-0.05, 0) is 38.5 Å². The SMILES string of the molecule is CC(C)(C)OC(=O)NC1CN(C(F)C(=O)OCc2ccc([N+](=O)[O-])cc2)C1=O. The van der Waals surface area contributed by atoms with Crippen molar-refractivity contribution in [3.8, 4) is 0 Å². The number of nitrogens with one attached hydrogen (secondary N) is 1. The van der Waals surface area contributed by atoms with Gasteiger partial charge in [0.1, 0.15) is 18.2 Å². The Morgan fingerprint density at radius 2 is 1.96 bits per heavy atom. The van der Waals surface area contributed by atoms with Gasteiger partial charge in [-0.3, -0.25) is 19.8 Å². The van der Waals surface area contributed by atoms with Crippen molar-refractivity contribution in [3.63, 3.8) is 0 Å². The number of likely N-dealkylation sites (tertiary alicyclic amines) is 1. The van der Waals surface area contributed by atoms with E-state index in [1.165, 1.54) is 24.3 Å². The number of hydrogen-bond donors (Lipinski definition) is 1. The second-order valence-corrected chi connectivity index (χ2v) is 7.06. The number of hydrogen-bond acceptors (Lipinski definition) is 7. The summed E-state index contributed by atoms with van der Waals surface area (Å²) in [6, 6.07) is 4.21. The van der Waals surface area contributed by atoms with Crippen LogP contribution in [-0.2, 0) is 25.7 Å². The summed E-state index contributed by atoms with van der Waals surface area (Å²) < 4.78 is 23.9. The zero-order valence-corrected chi connectivity index (χ0v) is 15.5. The minimum atomic E-state index is -2.32. The third kappa shape index (κ3) is 5.38. The van der Waals surface area contributed by atoms with Crippen molar-refractivity contribution in [2.75, 3.05) is 6.54 Å². The standard InChI is InChI=1S/C17H20FN3O7/c1-17(2,3)28-16(24)19-12-8-20(14(12)22)13(18)15(23)27-9-10-4-6-11(7-5-10)21(25)26/h4-7,12-13H,8-9H2,1-3H3,(H,19,24). The molecule has 1 N–H and O–H groups in total. The average molecular weight is 397 g/mol. The van der Waals surface area contributed by atoms with Crippen molar-refractivity contribution in [2.24, 2.45) is 0 Å². The number of alkyl carbamates (subject to hydrolysis) is 1. The fourth-order valence-electron chi connectivity index (χ4n) is 2.28. The van der Waals surface area contributed by atoms with Crippen LogP contribution < -0.4 is 5.32 Å². The Hall–Kier alpha value is -3.24. The van der Waals surface area contributed by atoms with Crippen LogP contribution in [0.2, 0.25) is 0 Å². The molecule has 11 heteroatoms. The minimum Gasteiger partial charge on any atom is -0.457 e. The number of benzene rings is 1. The first-order chi connectivity index (χ1) is 13.0. The largest absolute Gasteiger partial charge is 0.457 e. The average Bonchev–Trinajstić information content (AvgIpc) is 2.60. The van der Waals surface area contributed by atoms with Crippen LogP contribution in [0.15, 0.2) is 24.3 Å². The molecule has 1 aromatic carbocycles. The molecule has 1 aromatic rings. The van der Waals surface area contributed by atoms with Crippen LogP contribution in [0.4, 0.5) is 14.9 Å². The number of ether oxygens (including phenoxy) is 2. The van der Waals surface area contributed by atoms with Gasteiger partial charge in [-0.25, -0.2) is 14.0 Å². The summed E-state index contributed by atoms with van der Waals surface area (Å²) in [6.07, 6.45) is -3.14. The summed E-state index contributed by atoms with van der Waals surface area (Å²) in [5.74, 6) is -2.05. The zero-order valence-electron chi connectivity index (χ0n) is 15.5. The van der Waals surface area contributed by atoms with Gasteiger partial charge in [-0.15, -0.1) is 0 Å². The fourth-order valence-corrected chi connectivity index (χ4v) is 2.28. The summed E-state index contributed by atoms with van der Waals surface area (Å²) in [7, 11) is 0. The summed E-state index contributed by atoms with van der Waals surface area (Å²) in [5, 5.41) is 12.9. The lowest BCUT2D eigenvalue weighted by molar-refractivity contribution is -0.384. The molecule has 10 nitrogen and oxygen atoms in total. The number of nitro groups is 1. The molecule has 2 unspecified atom stereocenters. The number of amides is 2. The first-order valence-corrected chi connectivity index (χ1v) is 8.32. The van der Waals surface area contributed by atoms with Crippen molar-refractivity contribution in [1.82, 2.24) is 10.2 Å². The predicted molar refractivity (Wildman–Crippen MR) is 92.7 cm³/mol. The van der Waals surface area contributed by atoms with Crippen LogP contribution in [0.1, 0.15) is 26.3 Å². The smallest absolute Gasteiger partial charge is 0.408 e. The van der Waals surface area contributed by atoms with E-state index in [1.54, 1.807) is 20.8 Å². The third-order valence-corrected chi connectivity index (χ3v) is 3.65. The van der Waals surface area contributed by atoms with Crippen LogP contribution in [0.25, 0.3) is 0 Å². The maximum Gasteiger partial charge on any atom is 0.408 e. The molecule has 0 radical (unpaired) electrons. The van der Waals surface area contributed by atoms with Crippen LogP contribution in [0, 0.1) is 10.1 Å². The van der Waals surface area contributed by atoms with E-state index in [0.717, 1.165) is 0 Å². The van der Waals surface area contributed by atoms with Gasteiger partial charge in [0, 0.05) is 12.1 Å². The van der Waals surface area contributed by atoms with Crippen molar-refractivity contribution in [3.05, 3.63) is 39.9 Å². The Kier molecular flexibility index (Phi) is 6.16. The number of halogens is 1. The van der Waals surface area contributed by atoms with Crippen molar-refractivity contribution >= 4 is 23.7 Å². The van der Waals surface area contributed by atoms with E-state index in [9.17, 15) is 28.9 Å². The Morgan fingerprint density at radius 3 is 2.46 bits per heavy atom. The highest BCUT2D eigenvalue weighted by Crippen LogP contribution is 2.19. The van der Waals surface area contributed by atoms with Crippen molar-refractivity contribution in [1.29, 1.82) is 0 Å². The van der Waals surface area contributed by atoms with Gasteiger partial charge in [0.05, 0.1) is 11.5 Å². The normalized spacial score (nSPS) is 17.4. The molecule has 0 bridgehead atoms. The Balaban J connectivity index is 1.80. The number of nitrogens with zero attached hydrogens (tertiary/aromatic N) is 2. The highest BCUT2D eigenvalue weighted by Gasteiger charge is 2.45. The minimum absolute atomic E-state index is 0.131. The predicted octanol–water partition coefficient (Wildman–Crippen LogP) is 1.67. The van der Waals surface area contributed by atoms with E-state index < -0.39 is 40.8 Å². The molecule has 2 amide bonds. The molecular formula is C17H20FN3O7. The van der Waals surface area contributed by atoms with Gasteiger partial charge >= 0.3 is 12.1 Å². The van der Waals surface area contributed by atoms with E-state index in [1.807, 2.05) is 0 Å². The number of nitro benzene ring substituents is 1. The monoisotopic (exact) mass is 397 g/mol. The molecule has 28 heavy (non-hydrogen) atoms. The maximum atomic E-state index is 14.1. The molecule has 0 spiro atoms. The molecule has 1 saturated heterocycles. The summed E-state index contributed by atoms with van der Waals surface area (Å²) >= 11 is 0. The van der Waals surface area contributed by atoms with Crippen LogP contribution >= 0.6 is 0 Å².